The predicted molar refractivity (Wildman–Crippen MR) is 80.6 cm³/mol. The van der Waals surface area contributed by atoms with Crippen molar-refractivity contribution in [3.63, 3.8) is 0 Å². The first kappa shape index (κ1) is 18.9. The van der Waals surface area contributed by atoms with Crippen molar-refractivity contribution in [1.29, 1.82) is 0 Å². The third-order valence-corrected chi connectivity index (χ3v) is 3.93. The van der Waals surface area contributed by atoms with Crippen molar-refractivity contribution < 1.29 is 23.2 Å². The Morgan fingerprint density at radius 3 is 2.50 bits per heavy atom. The maximum absolute atomic E-state index is 12.7. The summed E-state index contributed by atoms with van der Waals surface area (Å²) in [5, 5.41) is 22.9. The highest BCUT2D eigenvalue weighted by Crippen LogP contribution is 2.40. The summed E-state index contributed by atoms with van der Waals surface area (Å²) in [7, 11) is 0. The van der Waals surface area contributed by atoms with Gasteiger partial charge in [-0.2, -0.15) is 24.9 Å². The van der Waals surface area contributed by atoms with Crippen molar-refractivity contribution in [2.75, 3.05) is 23.9 Å². The minimum absolute atomic E-state index is 0.0730. The van der Waals surface area contributed by atoms with Gasteiger partial charge in [0.25, 0.3) is 5.69 Å². The topological polar surface area (TPSA) is 75.4 Å². The Hall–Kier alpha value is -1.19. The Labute approximate surface area is 134 Å². The first-order valence-electron chi connectivity index (χ1n) is 5.98. The maximum Gasteiger partial charge on any atom is 0.418 e. The zero-order valence-corrected chi connectivity index (χ0v) is 13.3. The Kier molecular flexibility index (Phi) is 5.94. The second kappa shape index (κ2) is 6.93. The van der Waals surface area contributed by atoms with Crippen molar-refractivity contribution in [1.82, 2.24) is 0 Å². The summed E-state index contributed by atoms with van der Waals surface area (Å²) in [4.78, 5) is 10.0. The smallest absolute Gasteiger partial charge is 0.387 e. The van der Waals surface area contributed by atoms with E-state index in [0.29, 0.717) is 11.8 Å². The molecule has 0 saturated carbocycles. The molecule has 0 bridgehead atoms. The van der Waals surface area contributed by atoms with Crippen LogP contribution in [-0.2, 0) is 6.18 Å². The lowest BCUT2D eigenvalue weighted by Gasteiger charge is -2.23. The van der Waals surface area contributed by atoms with Gasteiger partial charge < -0.3 is 10.4 Å². The van der Waals surface area contributed by atoms with Gasteiger partial charge in [0, 0.05) is 18.4 Å². The number of hydrogen-bond donors (Lipinski definition) is 2. The Bertz CT molecular complexity index is 567. The van der Waals surface area contributed by atoms with Crippen molar-refractivity contribution >= 4 is 34.7 Å². The van der Waals surface area contributed by atoms with E-state index in [9.17, 15) is 28.4 Å². The minimum atomic E-state index is -4.79. The first-order chi connectivity index (χ1) is 9.98. The SMILES string of the molecule is CSCC(C)(O)CNc1cc(Cl)c(C(F)(F)F)cc1[N+](=O)[O-]. The van der Waals surface area contributed by atoms with E-state index in [0.717, 1.165) is 6.07 Å². The number of nitrogens with zero attached hydrogens (tertiary/aromatic N) is 1. The third-order valence-electron chi connectivity index (χ3n) is 2.70. The zero-order valence-electron chi connectivity index (χ0n) is 11.7. The number of benzene rings is 1. The van der Waals surface area contributed by atoms with Crippen LogP contribution in [0.2, 0.25) is 5.02 Å². The van der Waals surface area contributed by atoms with Gasteiger partial charge in [-0.05, 0) is 19.2 Å². The van der Waals surface area contributed by atoms with Crippen LogP contribution in [0.15, 0.2) is 12.1 Å². The molecule has 0 aliphatic heterocycles. The molecule has 0 amide bonds. The van der Waals surface area contributed by atoms with Gasteiger partial charge in [-0.15, -0.1) is 0 Å². The van der Waals surface area contributed by atoms with E-state index in [2.05, 4.69) is 5.32 Å². The molecular formula is C12H14ClF3N2O3S. The molecule has 1 aromatic rings. The number of aliphatic hydroxyl groups is 1. The second-order valence-electron chi connectivity index (χ2n) is 4.89. The van der Waals surface area contributed by atoms with Crippen LogP contribution >= 0.6 is 23.4 Å². The maximum atomic E-state index is 12.7. The van der Waals surface area contributed by atoms with Gasteiger partial charge >= 0.3 is 6.18 Å². The summed E-state index contributed by atoms with van der Waals surface area (Å²) in [6, 6.07) is 1.23. The molecule has 0 fully saturated rings. The number of rotatable bonds is 6. The highest BCUT2D eigenvalue weighted by molar-refractivity contribution is 7.98. The van der Waals surface area contributed by atoms with Crippen molar-refractivity contribution in [2.24, 2.45) is 0 Å². The van der Waals surface area contributed by atoms with E-state index < -0.39 is 33.0 Å². The van der Waals surface area contributed by atoms with E-state index in [1.807, 2.05) is 0 Å². The fourth-order valence-corrected chi connectivity index (χ4v) is 2.71. The fraction of sp³-hybridized carbons (Fsp3) is 0.500. The number of nitrogens with one attached hydrogen (secondary N) is 1. The molecule has 1 atom stereocenters. The monoisotopic (exact) mass is 358 g/mol. The van der Waals surface area contributed by atoms with Gasteiger partial charge in [-0.1, -0.05) is 11.6 Å². The largest absolute Gasteiger partial charge is 0.418 e. The van der Waals surface area contributed by atoms with Crippen LogP contribution in [0.5, 0.6) is 0 Å². The van der Waals surface area contributed by atoms with Crippen LogP contribution < -0.4 is 5.32 Å². The molecule has 124 valence electrons. The molecule has 1 rings (SSSR count). The molecule has 0 radical (unpaired) electrons. The quantitative estimate of drug-likeness (QED) is 0.597. The Morgan fingerprint density at radius 2 is 2.05 bits per heavy atom. The standard InChI is InChI=1S/C12H14ClF3N2O3S/c1-11(19,6-22-2)5-17-9-4-8(13)7(12(14,15)16)3-10(9)18(20)21/h3-4,17,19H,5-6H2,1-2H3. The van der Waals surface area contributed by atoms with Crippen molar-refractivity contribution in [3.8, 4) is 0 Å². The van der Waals surface area contributed by atoms with Crippen LogP contribution in [0.3, 0.4) is 0 Å². The van der Waals surface area contributed by atoms with Crippen LogP contribution in [0.4, 0.5) is 24.5 Å². The van der Waals surface area contributed by atoms with Gasteiger partial charge in [0.15, 0.2) is 0 Å². The van der Waals surface area contributed by atoms with E-state index in [1.54, 1.807) is 6.26 Å². The number of thioether (sulfide) groups is 1. The predicted octanol–water partition coefficient (Wildman–Crippen LogP) is 3.79. The number of halogens is 4. The Morgan fingerprint density at radius 1 is 1.45 bits per heavy atom. The number of nitro benzene ring substituents is 1. The molecule has 1 aromatic carbocycles. The number of hydrogen-bond acceptors (Lipinski definition) is 5. The summed E-state index contributed by atoms with van der Waals surface area (Å²) >= 11 is 6.92. The molecular weight excluding hydrogens is 345 g/mol. The lowest BCUT2D eigenvalue weighted by atomic mass is 10.1. The molecule has 5 nitrogen and oxygen atoms in total. The lowest BCUT2D eigenvalue weighted by Crippen LogP contribution is -2.36. The molecule has 2 N–H and O–H groups in total. The van der Waals surface area contributed by atoms with Crippen LogP contribution in [0.1, 0.15) is 12.5 Å². The lowest BCUT2D eigenvalue weighted by molar-refractivity contribution is -0.384. The normalized spacial score (nSPS) is 14.5. The van der Waals surface area contributed by atoms with Gasteiger partial charge in [-0.3, -0.25) is 10.1 Å². The summed E-state index contributed by atoms with van der Waals surface area (Å²) in [5.41, 5.74) is -3.38. The fourth-order valence-electron chi connectivity index (χ4n) is 1.72. The van der Waals surface area contributed by atoms with Crippen molar-refractivity contribution in [2.45, 2.75) is 18.7 Å². The molecule has 0 saturated heterocycles. The summed E-state index contributed by atoms with van der Waals surface area (Å²) in [6.45, 7) is 1.43. The molecule has 0 aliphatic carbocycles. The zero-order chi connectivity index (χ0) is 17.1. The van der Waals surface area contributed by atoms with Gasteiger partial charge in [0.1, 0.15) is 5.69 Å². The molecule has 1 unspecified atom stereocenters. The van der Waals surface area contributed by atoms with Gasteiger partial charge in [0.05, 0.1) is 21.1 Å². The third kappa shape index (κ3) is 4.92. The van der Waals surface area contributed by atoms with E-state index >= 15 is 0 Å². The molecule has 0 spiro atoms. The van der Waals surface area contributed by atoms with E-state index in [-0.39, 0.29) is 12.2 Å². The Balaban J connectivity index is 3.15. The number of nitro groups is 1. The first-order valence-corrected chi connectivity index (χ1v) is 7.75. The average molecular weight is 359 g/mol. The molecule has 0 heterocycles. The van der Waals surface area contributed by atoms with Crippen molar-refractivity contribution in [3.05, 3.63) is 32.8 Å². The van der Waals surface area contributed by atoms with Crippen LogP contribution in [0.25, 0.3) is 0 Å². The van der Waals surface area contributed by atoms with E-state index in [4.69, 9.17) is 11.6 Å². The highest BCUT2D eigenvalue weighted by atomic mass is 35.5. The van der Waals surface area contributed by atoms with E-state index in [1.165, 1.54) is 18.7 Å². The minimum Gasteiger partial charge on any atom is -0.387 e. The second-order valence-corrected chi connectivity index (χ2v) is 6.16. The summed E-state index contributed by atoms with van der Waals surface area (Å²) < 4.78 is 38.2. The molecule has 22 heavy (non-hydrogen) atoms. The number of anilines is 1. The van der Waals surface area contributed by atoms with Gasteiger partial charge in [-0.25, -0.2) is 0 Å². The summed E-state index contributed by atoms with van der Waals surface area (Å²) in [6.07, 6.45) is -3.02. The molecule has 0 aliphatic rings. The number of alkyl halides is 3. The molecule has 10 heteroatoms. The molecule has 0 aromatic heterocycles. The van der Waals surface area contributed by atoms with Crippen LogP contribution in [-0.4, -0.2) is 34.2 Å². The average Bonchev–Trinajstić information content (AvgIpc) is 2.34. The highest BCUT2D eigenvalue weighted by Gasteiger charge is 2.36. The van der Waals surface area contributed by atoms with Gasteiger partial charge in [0.2, 0.25) is 0 Å². The summed E-state index contributed by atoms with van der Waals surface area (Å²) in [5.74, 6) is 0.349. The van der Waals surface area contributed by atoms with Crippen LogP contribution in [0, 0.1) is 10.1 Å².